The standard InChI is InChI=1S/C28H37N3O4Si/c1-20-18-31(27(33)29-25(20)32)26-24(30(5)6)17-21(35-26)19-34-36(28(2,3)4,22-13-9-7-10-14-22)23-15-11-8-12-16-23/h7-16,18,21,24,26H,17,19H2,1-6H3,(H,29,32,33)/t21-,24-,26+/m1/s1. The highest BCUT2D eigenvalue weighted by Gasteiger charge is 2.51. The Hall–Kier alpha value is -2.78. The summed E-state index contributed by atoms with van der Waals surface area (Å²) in [7, 11) is 1.26. The van der Waals surface area contributed by atoms with Gasteiger partial charge < -0.3 is 14.1 Å². The number of nitrogens with one attached hydrogen (secondary N) is 1. The van der Waals surface area contributed by atoms with Gasteiger partial charge in [-0.1, -0.05) is 81.4 Å². The van der Waals surface area contributed by atoms with Gasteiger partial charge in [-0.2, -0.15) is 0 Å². The van der Waals surface area contributed by atoms with Crippen LogP contribution in [0.3, 0.4) is 0 Å². The topological polar surface area (TPSA) is 76.6 Å². The molecule has 1 aliphatic heterocycles. The maximum Gasteiger partial charge on any atom is 0.330 e. The minimum Gasteiger partial charge on any atom is -0.405 e. The predicted molar refractivity (Wildman–Crippen MR) is 146 cm³/mol. The van der Waals surface area contributed by atoms with Gasteiger partial charge in [-0.3, -0.25) is 14.3 Å². The molecule has 7 nitrogen and oxygen atoms in total. The first-order valence-electron chi connectivity index (χ1n) is 12.4. The third kappa shape index (κ3) is 4.91. The highest BCUT2D eigenvalue weighted by atomic mass is 28.4. The summed E-state index contributed by atoms with van der Waals surface area (Å²) in [5.74, 6) is 0. The van der Waals surface area contributed by atoms with Crippen LogP contribution < -0.4 is 21.6 Å². The largest absolute Gasteiger partial charge is 0.405 e. The number of hydrogen-bond donors (Lipinski definition) is 1. The molecule has 0 unspecified atom stereocenters. The fourth-order valence-corrected chi connectivity index (χ4v) is 9.90. The molecule has 192 valence electrons. The summed E-state index contributed by atoms with van der Waals surface area (Å²) < 4.78 is 15.1. The lowest BCUT2D eigenvalue weighted by Crippen LogP contribution is -2.67. The first kappa shape index (κ1) is 26.3. The van der Waals surface area contributed by atoms with Crippen molar-refractivity contribution in [2.75, 3.05) is 20.7 Å². The van der Waals surface area contributed by atoms with Crippen LogP contribution in [-0.4, -0.2) is 55.6 Å². The summed E-state index contributed by atoms with van der Waals surface area (Å²) in [5, 5.41) is 2.30. The molecule has 2 aromatic carbocycles. The van der Waals surface area contributed by atoms with Crippen molar-refractivity contribution < 1.29 is 9.16 Å². The molecular weight excluding hydrogens is 470 g/mol. The second kappa shape index (κ2) is 10.3. The number of hydrogen-bond acceptors (Lipinski definition) is 5. The molecule has 1 saturated heterocycles. The molecule has 0 aliphatic carbocycles. The van der Waals surface area contributed by atoms with Gasteiger partial charge in [0, 0.05) is 11.8 Å². The zero-order valence-corrected chi connectivity index (χ0v) is 23.0. The molecule has 36 heavy (non-hydrogen) atoms. The Bertz CT molecular complexity index is 1240. The van der Waals surface area contributed by atoms with E-state index in [0.717, 1.165) is 0 Å². The van der Waals surface area contributed by atoms with Crippen LogP contribution in [0.4, 0.5) is 0 Å². The van der Waals surface area contributed by atoms with Crippen molar-refractivity contribution in [3.8, 4) is 0 Å². The molecule has 1 N–H and O–H groups in total. The summed E-state index contributed by atoms with van der Waals surface area (Å²) >= 11 is 0. The Kier molecular flexibility index (Phi) is 7.52. The van der Waals surface area contributed by atoms with Crippen molar-refractivity contribution in [3.05, 3.63) is 93.3 Å². The van der Waals surface area contributed by atoms with Crippen LogP contribution in [0.1, 0.15) is 39.0 Å². The summed E-state index contributed by atoms with van der Waals surface area (Å²) in [5.41, 5.74) is -0.360. The van der Waals surface area contributed by atoms with E-state index in [-0.39, 0.29) is 22.7 Å². The summed E-state index contributed by atoms with van der Waals surface area (Å²) in [4.78, 5) is 29.1. The average Bonchev–Trinajstić information content (AvgIpc) is 3.27. The lowest BCUT2D eigenvalue weighted by atomic mass is 10.1. The molecule has 3 atom stereocenters. The normalized spacial score (nSPS) is 20.7. The molecule has 1 aromatic heterocycles. The van der Waals surface area contributed by atoms with E-state index in [4.69, 9.17) is 9.16 Å². The predicted octanol–water partition coefficient (Wildman–Crippen LogP) is 2.64. The lowest BCUT2D eigenvalue weighted by Gasteiger charge is -2.43. The van der Waals surface area contributed by atoms with Gasteiger partial charge in [0.25, 0.3) is 13.9 Å². The fourth-order valence-electron chi connectivity index (χ4n) is 5.31. The quantitative estimate of drug-likeness (QED) is 0.498. The van der Waals surface area contributed by atoms with Gasteiger partial charge in [0.2, 0.25) is 0 Å². The molecule has 8 heteroatoms. The molecular formula is C28H37N3O4Si. The SMILES string of the molecule is Cc1cn([C@H]2O[C@@H](CO[Si](c3ccccc3)(c3ccccc3)C(C)(C)C)C[C@H]2N(C)C)c(=O)[nH]c1=O. The number of likely N-dealkylation sites (N-methyl/N-ethyl adjacent to an activating group) is 1. The number of aryl methyl sites for hydroxylation is 1. The van der Waals surface area contributed by atoms with Crippen molar-refractivity contribution in [3.63, 3.8) is 0 Å². The summed E-state index contributed by atoms with van der Waals surface area (Å²) in [6.45, 7) is 8.86. The van der Waals surface area contributed by atoms with Crippen molar-refractivity contribution in [1.82, 2.24) is 14.5 Å². The number of H-pyrrole nitrogens is 1. The van der Waals surface area contributed by atoms with Crippen molar-refractivity contribution in [2.24, 2.45) is 0 Å². The van der Waals surface area contributed by atoms with Gasteiger partial charge in [0.05, 0.1) is 18.8 Å². The van der Waals surface area contributed by atoms with Crippen LogP contribution in [0.25, 0.3) is 0 Å². The van der Waals surface area contributed by atoms with Crippen molar-refractivity contribution in [2.45, 2.75) is 57.5 Å². The van der Waals surface area contributed by atoms with Crippen LogP contribution >= 0.6 is 0 Å². The van der Waals surface area contributed by atoms with E-state index >= 15 is 0 Å². The Balaban J connectivity index is 1.69. The summed E-state index contributed by atoms with van der Waals surface area (Å²) in [6, 6.07) is 21.0. The number of aromatic amines is 1. The number of aromatic nitrogens is 2. The van der Waals surface area contributed by atoms with E-state index in [1.165, 1.54) is 14.9 Å². The minimum absolute atomic E-state index is 0.0410. The van der Waals surface area contributed by atoms with E-state index in [1.807, 2.05) is 26.2 Å². The Labute approximate surface area is 213 Å². The number of benzene rings is 2. The third-order valence-corrected chi connectivity index (χ3v) is 12.2. The summed E-state index contributed by atoms with van der Waals surface area (Å²) in [6.07, 6.45) is 1.58. The molecule has 2 heterocycles. The molecule has 0 bridgehead atoms. The van der Waals surface area contributed by atoms with Gasteiger partial charge >= 0.3 is 5.69 Å². The minimum atomic E-state index is -2.70. The maximum absolute atomic E-state index is 12.7. The molecule has 0 radical (unpaired) electrons. The smallest absolute Gasteiger partial charge is 0.330 e. The second-order valence-electron chi connectivity index (χ2n) is 10.9. The van der Waals surface area contributed by atoms with Crippen LogP contribution in [0.5, 0.6) is 0 Å². The molecule has 1 fully saturated rings. The van der Waals surface area contributed by atoms with Gasteiger partial charge in [0.15, 0.2) is 6.23 Å². The van der Waals surface area contributed by atoms with Crippen LogP contribution in [0, 0.1) is 6.92 Å². The average molecular weight is 508 g/mol. The molecule has 0 spiro atoms. The van der Waals surface area contributed by atoms with Gasteiger partial charge in [0.1, 0.15) is 0 Å². The van der Waals surface area contributed by atoms with E-state index in [9.17, 15) is 9.59 Å². The monoisotopic (exact) mass is 507 g/mol. The molecule has 3 aromatic rings. The van der Waals surface area contributed by atoms with Crippen LogP contribution in [0.2, 0.25) is 5.04 Å². The fraction of sp³-hybridized carbons (Fsp3) is 0.429. The van der Waals surface area contributed by atoms with E-state index in [2.05, 4.69) is 79.2 Å². The number of rotatable bonds is 7. The zero-order valence-electron chi connectivity index (χ0n) is 22.0. The zero-order chi connectivity index (χ0) is 26.1. The number of nitrogens with zero attached hydrogens (tertiary/aromatic N) is 2. The van der Waals surface area contributed by atoms with Crippen LogP contribution in [0.15, 0.2) is 76.4 Å². The van der Waals surface area contributed by atoms with Crippen molar-refractivity contribution in [1.29, 1.82) is 0 Å². The molecule has 0 saturated carbocycles. The van der Waals surface area contributed by atoms with Crippen molar-refractivity contribution >= 4 is 18.7 Å². The molecule has 4 rings (SSSR count). The number of ether oxygens (including phenoxy) is 1. The molecule has 0 amide bonds. The maximum atomic E-state index is 12.7. The molecule has 1 aliphatic rings. The Morgan fingerprint density at radius 1 is 1.03 bits per heavy atom. The van der Waals surface area contributed by atoms with Gasteiger partial charge in [-0.05, 0) is 42.9 Å². The Morgan fingerprint density at radius 3 is 2.08 bits per heavy atom. The second-order valence-corrected chi connectivity index (χ2v) is 15.2. The van der Waals surface area contributed by atoms with Crippen LogP contribution in [-0.2, 0) is 9.16 Å². The van der Waals surface area contributed by atoms with E-state index < -0.39 is 20.2 Å². The van der Waals surface area contributed by atoms with E-state index in [0.29, 0.717) is 18.6 Å². The van der Waals surface area contributed by atoms with Gasteiger partial charge in [-0.25, -0.2) is 4.79 Å². The lowest BCUT2D eigenvalue weighted by molar-refractivity contribution is -0.0366. The first-order valence-corrected chi connectivity index (χ1v) is 14.3. The van der Waals surface area contributed by atoms with Gasteiger partial charge in [-0.15, -0.1) is 0 Å². The Morgan fingerprint density at radius 2 is 1.58 bits per heavy atom. The highest BCUT2D eigenvalue weighted by molar-refractivity contribution is 6.99. The highest BCUT2D eigenvalue weighted by Crippen LogP contribution is 2.38. The van der Waals surface area contributed by atoms with E-state index in [1.54, 1.807) is 13.1 Å². The first-order chi connectivity index (χ1) is 17.0. The third-order valence-electron chi connectivity index (χ3n) is 7.15.